The molecule has 1 aromatic rings. The van der Waals surface area contributed by atoms with Crippen molar-refractivity contribution in [1.82, 2.24) is 0 Å². The van der Waals surface area contributed by atoms with E-state index in [1.54, 1.807) is 19.1 Å². The number of carboxylic acids is 1. The van der Waals surface area contributed by atoms with Crippen LogP contribution >= 0.6 is 0 Å². The molecule has 1 rings (SSSR count). The lowest BCUT2D eigenvalue weighted by molar-refractivity contribution is -0.139. The number of aliphatic hydroxyl groups is 1. The summed E-state index contributed by atoms with van der Waals surface area (Å²) in [4.78, 5) is 21.8. The van der Waals surface area contributed by atoms with Crippen molar-refractivity contribution in [2.24, 2.45) is 0 Å². The van der Waals surface area contributed by atoms with Crippen LogP contribution in [0, 0.1) is 0 Å². The molecule has 0 aromatic heterocycles. The Morgan fingerprint density at radius 3 is 2.35 bits per heavy atom. The number of aliphatic hydroxyl groups excluding tert-OH is 1. The predicted molar refractivity (Wildman–Crippen MR) is 60.2 cm³/mol. The highest BCUT2D eigenvalue weighted by Crippen LogP contribution is 2.14. The maximum Gasteiger partial charge on any atom is 0.341 e. The summed E-state index contributed by atoms with van der Waals surface area (Å²) in [5, 5.41) is 17.5. The molecule has 0 saturated heterocycles. The first kappa shape index (κ1) is 13.2. The van der Waals surface area contributed by atoms with E-state index in [-0.39, 0.29) is 12.2 Å². The van der Waals surface area contributed by atoms with E-state index < -0.39 is 18.7 Å². The summed E-state index contributed by atoms with van der Waals surface area (Å²) >= 11 is 0. The fourth-order valence-electron chi connectivity index (χ4n) is 1.27. The highest BCUT2D eigenvalue weighted by atomic mass is 16.5. The zero-order valence-electron chi connectivity index (χ0n) is 9.42. The van der Waals surface area contributed by atoms with Crippen LogP contribution in [-0.4, -0.2) is 34.7 Å². The number of rotatable bonds is 6. The van der Waals surface area contributed by atoms with Crippen molar-refractivity contribution in [3.63, 3.8) is 0 Å². The number of carbonyl (C=O) groups is 2. The zero-order valence-corrected chi connectivity index (χ0v) is 9.42. The smallest absolute Gasteiger partial charge is 0.341 e. The topological polar surface area (TPSA) is 83.8 Å². The fraction of sp³-hybridized carbons (Fsp3) is 0.333. The molecular formula is C12H14O5. The summed E-state index contributed by atoms with van der Waals surface area (Å²) in [6, 6.07) is 6.14. The molecule has 0 fully saturated rings. The summed E-state index contributed by atoms with van der Waals surface area (Å²) in [5.41, 5.74) is 0.466. The summed E-state index contributed by atoms with van der Waals surface area (Å²) in [6.45, 7) is 1.13. The van der Waals surface area contributed by atoms with Gasteiger partial charge >= 0.3 is 5.97 Å². The van der Waals surface area contributed by atoms with Gasteiger partial charge in [-0.1, -0.05) is 0 Å². The quantitative estimate of drug-likeness (QED) is 0.725. The van der Waals surface area contributed by atoms with Gasteiger partial charge in [0.15, 0.2) is 12.4 Å². The molecule has 92 valence electrons. The second-order valence-corrected chi connectivity index (χ2v) is 3.68. The Bertz CT molecular complexity index is 394. The standard InChI is InChI=1S/C12H14O5/c1-8(13)6-11(14)9-2-4-10(5-3-9)17-7-12(15)16/h2-5,8,13H,6-7H2,1H3,(H,15,16). The van der Waals surface area contributed by atoms with Gasteiger partial charge in [-0.25, -0.2) is 4.79 Å². The first-order valence-electron chi connectivity index (χ1n) is 5.15. The normalized spacial score (nSPS) is 11.9. The Morgan fingerprint density at radius 2 is 1.88 bits per heavy atom. The minimum Gasteiger partial charge on any atom is -0.482 e. The lowest BCUT2D eigenvalue weighted by Crippen LogP contribution is -2.10. The highest BCUT2D eigenvalue weighted by molar-refractivity contribution is 5.96. The molecule has 0 aliphatic heterocycles. The van der Waals surface area contributed by atoms with Crippen molar-refractivity contribution in [3.05, 3.63) is 29.8 Å². The van der Waals surface area contributed by atoms with Gasteiger partial charge in [-0.3, -0.25) is 4.79 Å². The number of aliphatic carboxylic acids is 1. The van der Waals surface area contributed by atoms with Crippen molar-refractivity contribution in [2.45, 2.75) is 19.4 Å². The van der Waals surface area contributed by atoms with E-state index >= 15 is 0 Å². The molecule has 5 heteroatoms. The molecule has 0 bridgehead atoms. The number of hydrogen-bond acceptors (Lipinski definition) is 4. The third-order valence-corrected chi connectivity index (χ3v) is 2.02. The average Bonchev–Trinajstić information content (AvgIpc) is 2.26. The molecule has 5 nitrogen and oxygen atoms in total. The predicted octanol–water partition coefficient (Wildman–Crippen LogP) is 1.10. The van der Waals surface area contributed by atoms with E-state index in [0.717, 1.165) is 0 Å². The summed E-state index contributed by atoms with van der Waals surface area (Å²) in [5.74, 6) is -0.829. The number of Topliss-reactive ketones (excluding diaryl/α,β-unsaturated/α-hetero) is 1. The number of hydrogen-bond donors (Lipinski definition) is 2. The second-order valence-electron chi connectivity index (χ2n) is 3.68. The number of carboxylic acid groups (broad SMARTS) is 1. The molecule has 0 aliphatic carbocycles. The van der Waals surface area contributed by atoms with Crippen LogP contribution in [0.15, 0.2) is 24.3 Å². The SMILES string of the molecule is CC(O)CC(=O)c1ccc(OCC(=O)O)cc1. The van der Waals surface area contributed by atoms with Crippen molar-refractivity contribution in [2.75, 3.05) is 6.61 Å². The maximum atomic E-state index is 11.5. The van der Waals surface area contributed by atoms with Gasteiger partial charge in [-0.05, 0) is 31.2 Å². The van der Waals surface area contributed by atoms with E-state index in [1.807, 2.05) is 0 Å². The number of ether oxygens (including phenoxy) is 1. The van der Waals surface area contributed by atoms with Gasteiger partial charge in [-0.15, -0.1) is 0 Å². The Kier molecular flexibility index (Phi) is 4.66. The van der Waals surface area contributed by atoms with E-state index in [4.69, 9.17) is 14.9 Å². The Labute approximate surface area is 98.6 Å². The number of benzene rings is 1. The Morgan fingerprint density at radius 1 is 1.29 bits per heavy atom. The van der Waals surface area contributed by atoms with Gasteiger partial charge in [-0.2, -0.15) is 0 Å². The molecule has 1 unspecified atom stereocenters. The summed E-state index contributed by atoms with van der Waals surface area (Å²) < 4.78 is 4.92. The molecule has 17 heavy (non-hydrogen) atoms. The summed E-state index contributed by atoms with van der Waals surface area (Å²) in [7, 11) is 0. The van der Waals surface area contributed by atoms with E-state index in [2.05, 4.69) is 0 Å². The zero-order chi connectivity index (χ0) is 12.8. The molecule has 0 saturated carbocycles. The second kappa shape index (κ2) is 6.00. The molecule has 0 radical (unpaired) electrons. The van der Waals surface area contributed by atoms with Gasteiger partial charge in [0.1, 0.15) is 5.75 Å². The molecule has 1 aromatic carbocycles. The molecular weight excluding hydrogens is 224 g/mol. The van der Waals surface area contributed by atoms with Crippen molar-refractivity contribution >= 4 is 11.8 Å². The van der Waals surface area contributed by atoms with Gasteiger partial charge in [0.25, 0.3) is 0 Å². The molecule has 0 aliphatic rings. The van der Waals surface area contributed by atoms with Gasteiger partial charge < -0.3 is 14.9 Å². The Hall–Kier alpha value is -1.88. The van der Waals surface area contributed by atoms with Crippen LogP contribution in [0.3, 0.4) is 0 Å². The van der Waals surface area contributed by atoms with Crippen LogP contribution in [0.25, 0.3) is 0 Å². The van der Waals surface area contributed by atoms with Crippen LogP contribution in [0.1, 0.15) is 23.7 Å². The van der Waals surface area contributed by atoms with Crippen LogP contribution < -0.4 is 4.74 Å². The van der Waals surface area contributed by atoms with Crippen molar-refractivity contribution in [3.8, 4) is 5.75 Å². The van der Waals surface area contributed by atoms with Gasteiger partial charge in [0.05, 0.1) is 6.10 Å². The molecule has 2 N–H and O–H groups in total. The Balaban J connectivity index is 2.61. The first-order chi connectivity index (χ1) is 7.99. The maximum absolute atomic E-state index is 11.5. The third kappa shape index (κ3) is 4.65. The number of ketones is 1. The monoisotopic (exact) mass is 238 g/mol. The van der Waals surface area contributed by atoms with Gasteiger partial charge in [0.2, 0.25) is 0 Å². The highest BCUT2D eigenvalue weighted by Gasteiger charge is 2.09. The largest absolute Gasteiger partial charge is 0.482 e. The first-order valence-corrected chi connectivity index (χ1v) is 5.15. The van der Waals surface area contributed by atoms with Crippen molar-refractivity contribution in [1.29, 1.82) is 0 Å². The van der Waals surface area contributed by atoms with E-state index in [9.17, 15) is 9.59 Å². The minimum absolute atomic E-state index is 0.0648. The summed E-state index contributed by atoms with van der Waals surface area (Å²) in [6.07, 6.45) is -0.611. The molecule has 0 amide bonds. The van der Waals surface area contributed by atoms with E-state index in [1.165, 1.54) is 12.1 Å². The number of carbonyl (C=O) groups excluding carboxylic acids is 1. The molecule has 0 heterocycles. The van der Waals surface area contributed by atoms with Crippen LogP contribution in [-0.2, 0) is 4.79 Å². The van der Waals surface area contributed by atoms with E-state index in [0.29, 0.717) is 11.3 Å². The van der Waals surface area contributed by atoms with Crippen LogP contribution in [0.5, 0.6) is 5.75 Å². The average molecular weight is 238 g/mol. The lowest BCUT2D eigenvalue weighted by atomic mass is 10.1. The minimum atomic E-state index is -1.06. The van der Waals surface area contributed by atoms with Gasteiger partial charge in [0, 0.05) is 12.0 Å². The fourth-order valence-corrected chi connectivity index (χ4v) is 1.27. The van der Waals surface area contributed by atoms with Crippen LogP contribution in [0.4, 0.5) is 0 Å². The molecule has 0 spiro atoms. The lowest BCUT2D eigenvalue weighted by Gasteiger charge is -2.05. The van der Waals surface area contributed by atoms with Crippen LogP contribution in [0.2, 0.25) is 0 Å². The van der Waals surface area contributed by atoms with Crippen molar-refractivity contribution < 1.29 is 24.5 Å². The molecule has 1 atom stereocenters. The third-order valence-electron chi connectivity index (χ3n) is 2.02.